The number of carbonyl (C=O) groups excluding carboxylic acids is 1. The lowest BCUT2D eigenvalue weighted by atomic mass is 10.1. The molecule has 88 valence electrons. The summed E-state index contributed by atoms with van der Waals surface area (Å²) in [6, 6.07) is 7.74. The van der Waals surface area contributed by atoms with E-state index in [2.05, 4.69) is 27.9 Å². The average Bonchev–Trinajstić information content (AvgIpc) is 2.30. The third-order valence-corrected chi connectivity index (χ3v) is 2.73. The van der Waals surface area contributed by atoms with Gasteiger partial charge in [-0.3, -0.25) is 4.79 Å². The van der Waals surface area contributed by atoms with Crippen LogP contribution in [0.4, 0.5) is 0 Å². The van der Waals surface area contributed by atoms with Gasteiger partial charge < -0.3 is 10.1 Å². The third-order valence-electron chi connectivity index (χ3n) is 2.19. The van der Waals surface area contributed by atoms with Gasteiger partial charge in [-0.15, -0.1) is 0 Å². The zero-order valence-electron chi connectivity index (χ0n) is 9.33. The Kier molecular flexibility index (Phi) is 6.40. The Labute approximate surface area is 110 Å². The molecule has 0 atom stereocenters. The molecule has 4 heteroatoms. The summed E-state index contributed by atoms with van der Waals surface area (Å²) in [5.41, 5.74) is 1.97. The Morgan fingerprint density at radius 2 is 2.06 bits per heavy atom. The molecule has 1 N–H and O–H groups in total. The first-order valence-corrected chi connectivity index (χ1v) is 6.72. The molecule has 0 bridgehead atoms. The molecular formula is C12H16INO2. The first-order valence-electron chi connectivity index (χ1n) is 5.20. The fraction of sp³-hybridized carbons (Fsp3) is 0.417. The molecule has 1 rings (SSSR count). The number of halogens is 1. The molecule has 1 amide bonds. The van der Waals surface area contributed by atoms with Crippen molar-refractivity contribution in [2.75, 3.05) is 24.7 Å². The second kappa shape index (κ2) is 7.62. The molecule has 0 aliphatic rings. The monoisotopic (exact) mass is 333 g/mol. The van der Waals surface area contributed by atoms with Gasteiger partial charge in [-0.25, -0.2) is 0 Å². The molecule has 0 saturated heterocycles. The number of nitrogens with one attached hydrogen (secondary N) is 1. The van der Waals surface area contributed by atoms with Crippen molar-refractivity contribution >= 4 is 28.5 Å². The van der Waals surface area contributed by atoms with E-state index in [0.29, 0.717) is 18.7 Å². The minimum atomic E-state index is -0.0435. The summed E-state index contributed by atoms with van der Waals surface area (Å²) >= 11 is 2.34. The summed E-state index contributed by atoms with van der Waals surface area (Å²) in [7, 11) is 1.62. The standard InChI is InChI=1S/C12H16INO2/c1-16-9-8-14-12(15)11-4-2-10(3-5-11)6-7-13/h2-5H,6-9H2,1H3,(H,14,15). The number of hydrogen-bond acceptors (Lipinski definition) is 2. The van der Waals surface area contributed by atoms with Crippen LogP contribution < -0.4 is 5.32 Å². The Bertz CT molecular complexity index is 324. The molecule has 0 spiro atoms. The summed E-state index contributed by atoms with van der Waals surface area (Å²) < 4.78 is 5.96. The van der Waals surface area contributed by atoms with Gasteiger partial charge in [0, 0.05) is 23.6 Å². The van der Waals surface area contributed by atoms with Crippen molar-refractivity contribution in [1.29, 1.82) is 0 Å². The summed E-state index contributed by atoms with van der Waals surface area (Å²) in [4.78, 5) is 11.6. The van der Waals surface area contributed by atoms with Crippen molar-refractivity contribution in [3.05, 3.63) is 35.4 Å². The van der Waals surface area contributed by atoms with Gasteiger partial charge in [0.15, 0.2) is 0 Å². The molecule has 16 heavy (non-hydrogen) atoms. The molecule has 1 aromatic carbocycles. The minimum Gasteiger partial charge on any atom is -0.383 e. The lowest BCUT2D eigenvalue weighted by Crippen LogP contribution is -2.26. The van der Waals surface area contributed by atoms with Crippen LogP contribution in [0.15, 0.2) is 24.3 Å². The highest BCUT2D eigenvalue weighted by Crippen LogP contribution is 2.06. The van der Waals surface area contributed by atoms with Gasteiger partial charge in [0.1, 0.15) is 0 Å². The number of rotatable bonds is 6. The normalized spacial score (nSPS) is 10.1. The number of hydrogen-bond donors (Lipinski definition) is 1. The van der Waals surface area contributed by atoms with Gasteiger partial charge in [-0.2, -0.15) is 0 Å². The van der Waals surface area contributed by atoms with E-state index in [0.717, 1.165) is 10.8 Å². The molecule has 0 aromatic heterocycles. The number of amides is 1. The highest BCUT2D eigenvalue weighted by atomic mass is 127. The molecule has 1 aromatic rings. The van der Waals surface area contributed by atoms with E-state index in [9.17, 15) is 4.79 Å². The second-order valence-corrected chi connectivity index (χ2v) is 4.46. The Hall–Kier alpha value is -0.620. The number of carbonyl (C=O) groups is 1. The van der Waals surface area contributed by atoms with Gasteiger partial charge in [-0.1, -0.05) is 34.7 Å². The highest BCUT2D eigenvalue weighted by molar-refractivity contribution is 14.1. The first kappa shape index (κ1) is 13.4. The van der Waals surface area contributed by atoms with Crippen LogP contribution in [0.2, 0.25) is 0 Å². The fourth-order valence-electron chi connectivity index (χ4n) is 1.30. The van der Waals surface area contributed by atoms with Crippen LogP contribution in [0, 0.1) is 0 Å². The van der Waals surface area contributed by atoms with Gasteiger partial charge in [0.25, 0.3) is 5.91 Å². The van der Waals surface area contributed by atoms with Gasteiger partial charge in [0.05, 0.1) is 6.61 Å². The van der Waals surface area contributed by atoms with Crippen LogP contribution in [-0.4, -0.2) is 30.6 Å². The van der Waals surface area contributed by atoms with Crippen LogP contribution in [0.25, 0.3) is 0 Å². The zero-order chi connectivity index (χ0) is 11.8. The Morgan fingerprint density at radius 3 is 2.62 bits per heavy atom. The fourth-order valence-corrected chi connectivity index (χ4v) is 1.92. The van der Waals surface area contributed by atoms with E-state index in [1.807, 2.05) is 24.3 Å². The lowest BCUT2D eigenvalue weighted by Gasteiger charge is -2.05. The van der Waals surface area contributed by atoms with Gasteiger partial charge in [-0.05, 0) is 24.1 Å². The van der Waals surface area contributed by atoms with Crippen molar-refractivity contribution < 1.29 is 9.53 Å². The van der Waals surface area contributed by atoms with Crippen molar-refractivity contribution in [3.63, 3.8) is 0 Å². The average molecular weight is 333 g/mol. The first-order chi connectivity index (χ1) is 7.77. The smallest absolute Gasteiger partial charge is 0.251 e. The van der Waals surface area contributed by atoms with Crippen LogP contribution in [-0.2, 0) is 11.2 Å². The van der Waals surface area contributed by atoms with Crippen LogP contribution in [0.1, 0.15) is 15.9 Å². The topological polar surface area (TPSA) is 38.3 Å². The Balaban J connectivity index is 2.49. The largest absolute Gasteiger partial charge is 0.383 e. The number of ether oxygens (including phenoxy) is 1. The van der Waals surface area contributed by atoms with E-state index < -0.39 is 0 Å². The maximum Gasteiger partial charge on any atom is 0.251 e. The van der Waals surface area contributed by atoms with Crippen LogP contribution >= 0.6 is 22.6 Å². The van der Waals surface area contributed by atoms with Crippen molar-refractivity contribution in [1.82, 2.24) is 5.32 Å². The molecular weight excluding hydrogens is 317 g/mol. The van der Waals surface area contributed by atoms with E-state index in [1.54, 1.807) is 7.11 Å². The summed E-state index contributed by atoms with van der Waals surface area (Å²) in [6.07, 6.45) is 1.05. The molecule has 0 heterocycles. The van der Waals surface area contributed by atoms with E-state index in [-0.39, 0.29) is 5.91 Å². The summed E-state index contributed by atoms with van der Waals surface area (Å²) in [6.45, 7) is 1.09. The summed E-state index contributed by atoms with van der Waals surface area (Å²) in [5, 5.41) is 2.79. The maximum absolute atomic E-state index is 11.6. The predicted molar refractivity (Wildman–Crippen MR) is 73.2 cm³/mol. The van der Waals surface area contributed by atoms with Crippen molar-refractivity contribution in [2.24, 2.45) is 0 Å². The maximum atomic E-state index is 11.6. The summed E-state index contributed by atoms with van der Waals surface area (Å²) in [5.74, 6) is -0.0435. The SMILES string of the molecule is COCCNC(=O)c1ccc(CCI)cc1. The van der Waals surface area contributed by atoms with Crippen molar-refractivity contribution in [2.45, 2.75) is 6.42 Å². The van der Waals surface area contributed by atoms with E-state index in [1.165, 1.54) is 5.56 Å². The number of methoxy groups -OCH3 is 1. The quantitative estimate of drug-likeness (QED) is 0.492. The molecule has 0 unspecified atom stereocenters. The lowest BCUT2D eigenvalue weighted by molar-refractivity contribution is 0.0937. The molecule has 3 nitrogen and oxygen atoms in total. The molecule has 0 aliphatic heterocycles. The van der Waals surface area contributed by atoms with E-state index in [4.69, 9.17) is 4.74 Å². The van der Waals surface area contributed by atoms with E-state index >= 15 is 0 Å². The Morgan fingerprint density at radius 1 is 1.38 bits per heavy atom. The minimum absolute atomic E-state index is 0.0435. The third kappa shape index (κ3) is 4.49. The molecule has 0 aliphatic carbocycles. The second-order valence-electron chi connectivity index (χ2n) is 3.38. The molecule has 0 fully saturated rings. The molecule has 0 radical (unpaired) electrons. The number of alkyl halides is 1. The van der Waals surface area contributed by atoms with Crippen LogP contribution in [0.3, 0.4) is 0 Å². The van der Waals surface area contributed by atoms with Crippen LogP contribution in [0.5, 0.6) is 0 Å². The predicted octanol–water partition coefficient (Wildman–Crippen LogP) is 2.04. The molecule has 0 saturated carbocycles. The number of aryl methyl sites for hydroxylation is 1. The number of benzene rings is 1. The van der Waals surface area contributed by atoms with Crippen molar-refractivity contribution in [3.8, 4) is 0 Å². The van der Waals surface area contributed by atoms with Gasteiger partial charge in [0.2, 0.25) is 0 Å². The zero-order valence-corrected chi connectivity index (χ0v) is 11.5. The van der Waals surface area contributed by atoms with Gasteiger partial charge >= 0.3 is 0 Å². The highest BCUT2D eigenvalue weighted by Gasteiger charge is 2.03.